The molecule has 1 heterocycles. The predicted molar refractivity (Wildman–Crippen MR) is 136 cm³/mol. The minimum absolute atomic E-state index is 0.0490. The molecule has 2 amide bonds. The van der Waals surface area contributed by atoms with Crippen LogP contribution in [0.5, 0.6) is 11.5 Å². The van der Waals surface area contributed by atoms with E-state index in [9.17, 15) is 4.79 Å². The summed E-state index contributed by atoms with van der Waals surface area (Å²) in [5.74, 6) is 1.40. The number of urea groups is 1. The molecule has 1 aliphatic heterocycles. The zero-order valence-electron chi connectivity index (χ0n) is 18.3. The monoisotopic (exact) mass is 467 g/mol. The first kappa shape index (κ1) is 21.7. The summed E-state index contributed by atoms with van der Waals surface area (Å²) in [6.45, 7) is 0.437. The molecule has 4 aromatic rings. The van der Waals surface area contributed by atoms with E-state index in [-0.39, 0.29) is 11.9 Å². The number of nitrogens with one attached hydrogen (secondary N) is 1. The number of rotatable bonds is 5. The second kappa shape index (κ2) is 9.81. The number of halogens is 1. The highest BCUT2D eigenvalue weighted by Crippen LogP contribution is 2.30. The highest BCUT2D eigenvalue weighted by molar-refractivity contribution is 6.30. The average molecular weight is 468 g/mol. The molecule has 1 atom stereocenters. The van der Waals surface area contributed by atoms with Crippen LogP contribution < -0.4 is 10.1 Å². The molecule has 1 unspecified atom stereocenters. The van der Waals surface area contributed by atoms with Crippen LogP contribution in [0.4, 0.5) is 10.5 Å². The number of nitrogens with zero attached hydrogens (tertiary/aromatic N) is 2. The second-order valence-corrected chi connectivity index (χ2v) is 8.34. The van der Waals surface area contributed by atoms with Gasteiger partial charge in [-0.2, -0.15) is 5.10 Å². The summed E-state index contributed by atoms with van der Waals surface area (Å²) in [6, 6.07) is 34.1. The fourth-order valence-electron chi connectivity index (χ4n) is 3.87. The van der Waals surface area contributed by atoms with Gasteiger partial charge in [0.15, 0.2) is 0 Å². The van der Waals surface area contributed by atoms with Gasteiger partial charge in [0.1, 0.15) is 11.5 Å². The zero-order chi connectivity index (χ0) is 23.3. The SMILES string of the molecule is O=C(Nc1ccc(Oc2ccccc2)cc1)N1CC(c2ccc(Cl)cc2)C(c2ccccc2)=N1. The highest BCUT2D eigenvalue weighted by Gasteiger charge is 2.32. The smallest absolute Gasteiger partial charge is 0.342 e. The molecule has 0 radical (unpaired) electrons. The first-order valence-corrected chi connectivity index (χ1v) is 11.3. The van der Waals surface area contributed by atoms with Crippen LogP contribution in [-0.2, 0) is 0 Å². The van der Waals surface area contributed by atoms with Crippen LogP contribution in [0.25, 0.3) is 0 Å². The number of hydrogen-bond acceptors (Lipinski definition) is 3. The zero-order valence-corrected chi connectivity index (χ0v) is 19.0. The minimum atomic E-state index is -0.290. The molecule has 168 valence electrons. The van der Waals surface area contributed by atoms with Crippen LogP contribution in [-0.4, -0.2) is 23.3 Å². The van der Waals surface area contributed by atoms with Crippen molar-refractivity contribution in [2.45, 2.75) is 5.92 Å². The molecule has 0 saturated carbocycles. The quantitative estimate of drug-likeness (QED) is 0.338. The van der Waals surface area contributed by atoms with Gasteiger partial charge >= 0.3 is 6.03 Å². The van der Waals surface area contributed by atoms with E-state index in [0.29, 0.717) is 23.0 Å². The van der Waals surface area contributed by atoms with Crippen LogP contribution in [0.15, 0.2) is 114 Å². The third kappa shape index (κ3) is 4.95. The second-order valence-electron chi connectivity index (χ2n) is 7.91. The Labute approximate surface area is 203 Å². The number of ether oxygens (including phenoxy) is 1. The lowest BCUT2D eigenvalue weighted by Crippen LogP contribution is -2.30. The number of carbonyl (C=O) groups is 1. The van der Waals surface area contributed by atoms with E-state index >= 15 is 0 Å². The van der Waals surface area contributed by atoms with Crippen molar-refractivity contribution in [2.75, 3.05) is 11.9 Å². The van der Waals surface area contributed by atoms with Crippen molar-refractivity contribution in [3.05, 3.63) is 125 Å². The molecule has 34 heavy (non-hydrogen) atoms. The largest absolute Gasteiger partial charge is 0.457 e. The van der Waals surface area contributed by atoms with Gasteiger partial charge in [0.25, 0.3) is 0 Å². The van der Waals surface area contributed by atoms with Crippen molar-refractivity contribution in [3.63, 3.8) is 0 Å². The van der Waals surface area contributed by atoms with Crippen molar-refractivity contribution < 1.29 is 9.53 Å². The molecule has 1 aliphatic rings. The molecule has 0 aromatic heterocycles. The van der Waals surface area contributed by atoms with Crippen molar-refractivity contribution in [3.8, 4) is 11.5 Å². The van der Waals surface area contributed by atoms with E-state index in [1.807, 2.05) is 109 Å². The number of anilines is 1. The number of hydrogen-bond donors (Lipinski definition) is 1. The summed E-state index contributed by atoms with van der Waals surface area (Å²) in [5.41, 5.74) is 3.56. The molecule has 6 heteroatoms. The number of hydrazone groups is 1. The molecule has 4 aromatic carbocycles. The molecular formula is C28H22ClN3O2. The lowest BCUT2D eigenvalue weighted by molar-refractivity contribution is 0.218. The topological polar surface area (TPSA) is 53.9 Å². The minimum Gasteiger partial charge on any atom is -0.457 e. The Kier molecular flexibility index (Phi) is 6.27. The summed E-state index contributed by atoms with van der Waals surface area (Å²) in [6.07, 6.45) is 0. The summed E-state index contributed by atoms with van der Waals surface area (Å²) >= 11 is 6.08. The number of benzene rings is 4. The lowest BCUT2D eigenvalue weighted by atomic mass is 9.91. The maximum atomic E-state index is 13.1. The molecule has 0 spiro atoms. The van der Waals surface area contributed by atoms with Gasteiger partial charge in [-0.25, -0.2) is 9.80 Å². The Morgan fingerprint density at radius 2 is 1.44 bits per heavy atom. The van der Waals surface area contributed by atoms with Crippen LogP contribution >= 0.6 is 11.6 Å². The summed E-state index contributed by atoms with van der Waals surface area (Å²) in [7, 11) is 0. The molecular weight excluding hydrogens is 446 g/mol. The molecule has 0 fully saturated rings. The molecule has 0 aliphatic carbocycles. The number of amides is 2. The summed E-state index contributed by atoms with van der Waals surface area (Å²) in [5, 5.41) is 9.78. The third-order valence-corrected chi connectivity index (χ3v) is 5.83. The van der Waals surface area contributed by atoms with Gasteiger partial charge in [-0.1, -0.05) is 72.3 Å². The molecule has 1 N–H and O–H groups in total. The summed E-state index contributed by atoms with van der Waals surface area (Å²) in [4.78, 5) is 13.1. The molecule has 0 bridgehead atoms. The maximum Gasteiger partial charge on any atom is 0.342 e. The van der Waals surface area contributed by atoms with Gasteiger partial charge < -0.3 is 10.1 Å². The maximum absolute atomic E-state index is 13.1. The van der Waals surface area contributed by atoms with Gasteiger partial charge in [-0.05, 0) is 59.7 Å². The van der Waals surface area contributed by atoms with Gasteiger partial charge in [-0.3, -0.25) is 0 Å². The fraction of sp³-hybridized carbons (Fsp3) is 0.0714. The van der Waals surface area contributed by atoms with E-state index in [1.165, 1.54) is 5.01 Å². The highest BCUT2D eigenvalue weighted by atomic mass is 35.5. The third-order valence-electron chi connectivity index (χ3n) is 5.57. The Balaban J connectivity index is 1.32. The van der Waals surface area contributed by atoms with Crippen LogP contribution in [0, 0.1) is 0 Å². The van der Waals surface area contributed by atoms with Crippen LogP contribution in [0.1, 0.15) is 17.0 Å². The predicted octanol–water partition coefficient (Wildman–Crippen LogP) is 7.17. The molecule has 5 rings (SSSR count). The first-order chi connectivity index (χ1) is 16.7. The Morgan fingerprint density at radius 3 is 2.12 bits per heavy atom. The van der Waals surface area contributed by atoms with Gasteiger partial charge in [0.05, 0.1) is 12.3 Å². The first-order valence-electron chi connectivity index (χ1n) is 11.0. The summed E-state index contributed by atoms with van der Waals surface area (Å²) < 4.78 is 5.82. The van der Waals surface area contributed by atoms with E-state index in [4.69, 9.17) is 16.3 Å². The number of carbonyl (C=O) groups excluding carboxylic acids is 1. The molecule has 0 saturated heterocycles. The normalized spacial score (nSPS) is 15.0. The Morgan fingerprint density at radius 1 is 0.824 bits per heavy atom. The van der Waals surface area contributed by atoms with E-state index < -0.39 is 0 Å². The number of para-hydroxylation sites is 1. The van der Waals surface area contributed by atoms with Crippen molar-refractivity contribution in [1.82, 2.24) is 5.01 Å². The Hall–Kier alpha value is -4.09. The standard InChI is InChI=1S/C28H22ClN3O2/c29-22-13-11-20(12-14-22)26-19-32(31-27(26)21-7-3-1-4-8-21)28(33)30-23-15-17-25(18-16-23)34-24-9-5-2-6-10-24/h1-18,26H,19H2,(H,30,33). The lowest BCUT2D eigenvalue weighted by Gasteiger charge is -2.16. The van der Waals surface area contributed by atoms with Gasteiger partial charge in [0.2, 0.25) is 0 Å². The average Bonchev–Trinajstić information content (AvgIpc) is 3.33. The van der Waals surface area contributed by atoms with E-state index in [2.05, 4.69) is 10.4 Å². The van der Waals surface area contributed by atoms with Crippen LogP contribution in [0.2, 0.25) is 5.02 Å². The van der Waals surface area contributed by atoms with Gasteiger partial charge in [0, 0.05) is 16.6 Å². The van der Waals surface area contributed by atoms with Crippen molar-refractivity contribution >= 4 is 29.0 Å². The van der Waals surface area contributed by atoms with E-state index in [1.54, 1.807) is 0 Å². The Bertz CT molecular complexity index is 1290. The van der Waals surface area contributed by atoms with Gasteiger partial charge in [-0.15, -0.1) is 0 Å². The van der Waals surface area contributed by atoms with E-state index in [0.717, 1.165) is 22.6 Å². The van der Waals surface area contributed by atoms with Crippen LogP contribution in [0.3, 0.4) is 0 Å². The molecule has 5 nitrogen and oxygen atoms in total. The van der Waals surface area contributed by atoms with Crippen molar-refractivity contribution in [2.24, 2.45) is 5.10 Å². The van der Waals surface area contributed by atoms with Crippen molar-refractivity contribution in [1.29, 1.82) is 0 Å². The fourth-order valence-corrected chi connectivity index (χ4v) is 4.00.